The summed E-state index contributed by atoms with van der Waals surface area (Å²) < 4.78 is 0. The smallest absolute Gasteiger partial charge is 0.239 e. The summed E-state index contributed by atoms with van der Waals surface area (Å²) in [5.41, 5.74) is 1.82. The lowest BCUT2D eigenvalue weighted by Crippen LogP contribution is -1.80. The Kier molecular flexibility index (Phi) is 2.31. The van der Waals surface area contributed by atoms with Crippen LogP contribution >= 0.6 is 0 Å². The van der Waals surface area contributed by atoms with Crippen LogP contribution in [0, 0.1) is 18.9 Å². The highest BCUT2D eigenvalue weighted by atomic mass is 14.6. The normalized spacial score (nSPS) is 8.18. The van der Waals surface area contributed by atoms with Crippen molar-refractivity contribution in [3.05, 3.63) is 46.8 Å². The van der Waals surface area contributed by atoms with Gasteiger partial charge in [-0.2, -0.15) is 0 Å². The summed E-state index contributed by atoms with van der Waals surface area (Å²) in [5, 5.41) is 0. The second-order valence-corrected chi connectivity index (χ2v) is 2.16. The molecule has 0 N–H and O–H groups in total. The summed E-state index contributed by atoms with van der Waals surface area (Å²) in [6.07, 6.45) is 5.19. The second kappa shape index (κ2) is 3.44. The quantitative estimate of drug-likeness (QED) is 0.416. The van der Waals surface area contributed by atoms with Crippen molar-refractivity contribution in [3.8, 4) is 12.3 Å². The van der Waals surface area contributed by atoms with E-state index in [2.05, 4.69) is 10.8 Å². The first kappa shape index (κ1) is 7.38. The predicted octanol–water partition coefficient (Wildman–Crippen LogP) is 2.09. The molecule has 0 saturated carbocycles. The number of benzene rings is 1. The maximum absolute atomic E-state index is 6.64. The van der Waals surface area contributed by atoms with Crippen LogP contribution in [0.3, 0.4) is 0 Å². The van der Waals surface area contributed by atoms with Gasteiger partial charge in [-0.1, -0.05) is 18.1 Å². The maximum Gasteiger partial charge on any atom is 0.239 e. The molecule has 1 heteroatoms. The summed E-state index contributed by atoms with van der Waals surface area (Å²) in [4.78, 5) is 3.26. The number of hydrogen-bond acceptors (Lipinski definition) is 0. The Morgan fingerprint density at radius 2 is 2.36 bits per heavy atom. The minimum atomic E-state index is 0.412. The van der Waals surface area contributed by atoms with E-state index in [9.17, 15) is 0 Å². The number of terminal acetylenes is 1. The van der Waals surface area contributed by atoms with E-state index in [1.807, 2.05) is 24.3 Å². The molecule has 0 saturated heterocycles. The summed E-state index contributed by atoms with van der Waals surface area (Å²) in [5.74, 6) is 2.52. The van der Waals surface area contributed by atoms with Gasteiger partial charge >= 0.3 is 0 Å². The van der Waals surface area contributed by atoms with Crippen molar-refractivity contribution >= 4 is 0 Å². The Bertz CT molecular complexity index is 325. The van der Waals surface area contributed by atoms with Gasteiger partial charge in [-0.15, -0.1) is 6.42 Å². The topological polar surface area (TPSA) is 4.36 Å². The van der Waals surface area contributed by atoms with Crippen molar-refractivity contribution in [1.29, 1.82) is 0 Å². The first-order chi connectivity index (χ1) is 5.36. The Morgan fingerprint density at radius 3 is 3.00 bits per heavy atom. The fraction of sp³-hybridized carbons (Fsp3) is 0.100. The fourth-order valence-electron chi connectivity index (χ4n) is 0.851. The van der Waals surface area contributed by atoms with Gasteiger partial charge in [-0.3, -0.25) is 0 Å². The predicted molar refractivity (Wildman–Crippen MR) is 44.7 cm³/mol. The van der Waals surface area contributed by atoms with E-state index in [1.54, 1.807) is 0 Å². The van der Waals surface area contributed by atoms with Crippen LogP contribution in [0.4, 0.5) is 0 Å². The summed E-state index contributed by atoms with van der Waals surface area (Å²) in [6.45, 7) is 7.05. The third-order valence-corrected chi connectivity index (χ3v) is 1.36. The van der Waals surface area contributed by atoms with Crippen LogP contribution in [0.15, 0.2) is 24.3 Å². The molecule has 0 bridgehead atoms. The molecule has 0 atom stereocenters. The molecular formula is C10H7N. The molecule has 1 rings (SSSR count). The molecule has 0 amide bonds. The zero-order valence-electron chi connectivity index (χ0n) is 6.04. The van der Waals surface area contributed by atoms with Crippen molar-refractivity contribution in [2.45, 2.75) is 6.54 Å². The molecule has 0 spiro atoms. The van der Waals surface area contributed by atoms with E-state index in [0.717, 1.165) is 11.1 Å². The van der Waals surface area contributed by atoms with Crippen LogP contribution in [0.2, 0.25) is 0 Å². The molecule has 0 aliphatic rings. The van der Waals surface area contributed by atoms with Gasteiger partial charge in [-0.05, 0) is 12.1 Å². The lowest BCUT2D eigenvalue weighted by Gasteiger charge is -1.91. The molecule has 0 unspecified atom stereocenters. The highest BCUT2D eigenvalue weighted by Crippen LogP contribution is 2.04. The van der Waals surface area contributed by atoms with Crippen LogP contribution in [-0.2, 0) is 6.54 Å². The molecule has 1 nitrogen and oxygen atoms in total. The zero-order chi connectivity index (χ0) is 8.10. The van der Waals surface area contributed by atoms with Gasteiger partial charge in [0.1, 0.15) is 0 Å². The van der Waals surface area contributed by atoms with E-state index in [1.165, 1.54) is 0 Å². The minimum absolute atomic E-state index is 0.412. The molecule has 0 fully saturated rings. The molecule has 0 aliphatic heterocycles. The van der Waals surface area contributed by atoms with Crippen molar-refractivity contribution in [1.82, 2.24) is 0 Å². The standard InChI is InChI=1S/C10H7N/c1-3-9-5-4-6-10(7-9)8-11-2/h1,4-7H,8H2. The van der Waals surface area contributed by atoms with E-state index in [0.29, 0.717) is 6.54 Å². The van der Waals surface area contributed by atoms with E-state index in [-0.39, 0.29) is 0 Å². The number of hydrogen-bond donors (Lipinski definition) is 0. The summed E-state index contributed by atoms with van der Waals surface area (Å²) in [7, 11) is 0. The van der Waals surface area contributed by atoms with E-state index >= 15 is 0 Å². The molecule has 0 aliphatic carbocycles. The van der Waals surface area contributed by atoms with Gasteiger partial charge in [0.15, 0.2) is 0 Å². The van der Waals surface area contributed by atoms with Crippen molar-refractivity contribution in [2.75, 3.05) is 0 Å². The van der Waals surface area contributed by atoms with Crippen LogP contribution < -0.4 is 0 Å². The van der Waals surface area contributed by atoms with Crippen molar-refractivity contribution in [3.63, 3.8) is 0 Å². The van der Waals surface area contributed by atoms with Gasteiger partial charge in [0.05, 0.1) is 0 Å². The molecule has 52 valence electrons. The molecule has 11 heavy (non-hydrogen) atoms. The highest BCUT2D eigenvalue weighted by Gasteiger charge is 1.93. The SMILES string of the molecule is [C-]#[N+]Cc1cccc(C#C)c1. The second-order valence-electron chi connectivity index (χ2n) is 2.16. The van der Waals surface area contributed by atoms with Gasteiger partial charge in [-0.25, -0.2) is 6.57 Å². The molecule has 0 radical (unpaired) electrons. The summed E-state index contributed by atoms with van der Waals surface area (Å²) in [6, 6.07) is 7.49. The van der Waals surface area contributed by atoms with Crippen LogP contribution in [-0.4, -0.2) is 0 Å². The Morgan fingerprint density at radius 1 is 1.55 bits per heavy atom. The molecule has 1 aromatic rings. The monoisotopic (exact) mass is 141 g/mol. The first-order valence-electron chi connectivity index (χ1n) is 3.25. The third kappa shape index (κ3) is 1.85. The highest BCUT2D eigenvalue weighted by molar-refractivity contribution is 5.35. The van der Waals surface area contributed by atoms with Crippen LogP contribution in [0.25, 0.3) is 4.85 Å². The van der Waals surface area contributed by atoms with Gasteiger partial charge in [0.25, 0.3) is 0 Å². The van der Waals surface area contributed by atoms with Gasteiger partial charge in [0.2, 0.25) is 6.54 Å². The average Bonchev–Trinajstić information content (AvgIpc) is 2.06. The Balaban J connectivity index is 2.96. The van der Waals surface area contributed by atoms with E-state index in [4.69, 9.17) is 13.0 Å². The van der Waals surface area contributed by atoms with Crippen molar-refractivity contribution < 1.29 is 0 Å². The largest absolute Gasteiger partial charge is 0.312 e. The minimum Gasteiger partial charge on any atom is -0.312 e. The van der Waals surface area contributed by atoms with E-state index < -0.39 is 0 Å². The zero-order valence-corrected chi connectivity index (χ0v) is 6.04. The Labute approximate surface area is 66.5 Å². The van der Waals surface area contributed by atoms with Gasteiger partial charge < -0.3 is 4.85 Å². The molecule has 0 aromatic heterocycles. The molecule has 1 aromatic carbocycles. The lowest BCUT2D eigenvalue weighted by molar-refractivity contribution is 1.26. The maximum atomic E-state index is 6.64. The molecular weight excluding hydrogens is 134 g/mol. The first-order valence-corrected chi connectivity index (χ1v) is 3.25. The Hall–Kier alpha value is -1.73. The van der Waals surface area contributed by atoms with Crippen LogP contribution in [0.5, 0.6) is 0 Å². The van der Waals surface area contributed by atoms with Gasteiger partial charge in [0, 0.05) is 11.1 Å². The fourth-order valence-corrected chi connectivity index (χ4v) is 0.851. The number of rotatable bonds is 1. The summed E-state index contributed by atoms with van der Waals surface area (Å²) >= 11 is 0. The third-order valence-electron chi connectivity index (χ3n) is 1.36. The van der Waals surface area contributed by atoms with Crippen molar-refractivity contribution in [2.24, 2.45) is 0 Å². The average molecular weight is 141 g/mol. The lowest BCUT2D eigenvalue weighted by atomic mass is 10.1. The molecule has 0 heterocycles. The van der Waals surface area contributed by atoms with Crippen LogP contribution in [0.1, 0.15) is 11.1 Å². The number of nitrogens with zero attached hydrogens (tertiary/aromatic N) is 1.